The fourth-order valence-electron chi connectivity index (χ4n) is 2.67. The number of morpholine rings is 1. The molecular formula is C12H23NO2. The summed E-state index contributed by atoms with van der Waals surface area (Å²) >= 11 is 0. The van der Waals surface area contributed by atoms with Crippen molar-refractivity contribution >= 4 is 0 Å². The van der Waals surface area contributed by atoms with Crippen molar-refractivity contribution in [3.8, 4) is 0 Å². The first-order valence-corrected chi connectivity index (χ1v) is 6.04. The third-order valence-corrected chi connectivity index (χ3v) is 3.47. The Balaban J connectivity index is 1.94. The molecule has 88 valence electrons. The second kappa shape index (κ2) is 4.04. The second-order valence-corrected chi connectivity index (χ2v) is 5.48. The van der Waals surface area contributed by atoms with E-state index < -0.39 is 0 Å². The summed E-state index contributed by atoms with van der Waals surface area (Å²) in [6.45, 7) is 11.4. The number of hydrogen-bond acceptors (Lipinski definition) is 3. The van der Waals surface area contributed by atoms with Crippen LogP contribution in [0.3, 0.4) is 0 Å². The molecule has 0 amide bonds. The molecule has 15 heavy (non-hydrogen) atoms. The molecule has 2 rings (SSSR count). The summed E-state index contributed by atoms with van der Waals surface area (Å²) in [5.74, 6) is 0. The predicted octanol–water partition coefficient (Wildman–Crippen LogP) is 1.66. The normalized spacial score (nSPS) is 36.0. The Labute approximate surface area is 92.7 Å². The topological polar surface area (TPSA) is 21.7 Å². The van der Waals surface area contributed by atoms with E-state index >= 15 is 0 Å². The van der Waals surface area contributed by atoms with Crippen LogP contribution in [0.1, 0.15) is 34.1 Å². The number of nitrogens with zero attached hydrogens (tertiary/aromatic N) is 1. The molecule has 0 saturated carbocycles. The van der Waals surface area contributed by atoms with E-state index in [9.17, 15) is 0 Å². The Morgan fingerprint density at radius 1 is 1.40 bits per heavy atom. The molecule has 3 nitrogen and oxygen atoms in total. The summed E-state index contributed by atoms with van der Waals surface area (Å²) in [4.78, 5) is 2.55. The van der Waals surface area contributed by atoms with E-state index in [0.717, 1.165) is 26.2 Å². The van der Waals surface area contributed by atoms with Gasteiger partial charge in [0.2, 0.25) is 0 Å². The van der Waals surface area contributed by atoms with Crippen LogP contribution in [0.5, 0.6) is 0 Å². The quantitative estimate of drug-likeness (QED) is 0.709. The smallest absolute Gasteiger partial charge is 0.106 e. The van der Waals surface area contributed by atoms with Gasteiger partial charge in [0.25, 0.3) is 0 Å². The van der Waals surface area contributed by atoms with Crippen molar-refractivity contribution in [2.45, 2.75) is 57.9 Å². The summed E-state index contributed by atoms with van der Waals surface area (Å²) in [5, 5.41) is 0. The molecule has 0 aromatic rings. The Morgan fingerprint density at radius 2 is 2.13 bits per heavy atom. The van der Waals surface area contributed by atoms with E-state index in [4.69, 9.17) is 9.47 Å². The van der Waals surface area contributed by atoms with Gasteiger partial charge in [-0.3, -0.25) is 4.90 Å². The molecule has 0 aromatic carbocycles. The Kier molecular flexibility index (Phi) is 3.06. The maximum Gasteiger partial charge on any atom is 0.106 e. The number of ether oxygens (including phenoxy) is 2. The molecule has 0 N–H and O–H groups in total. The van der Waals surface area contributed by atoms with Crippen LogP contribution in [-0.2, 0) is 9.47 Å². The second-order valence-electron chi connectivity index (χ2n) is 5.48. The first kappa shape index (κ1) is 11.4. The molecule has 2 saturated heterocycles. The third-order valence-electron chi connectivity index (χ3n) is 3.47. The lowest BCUT2D eigenvalue weighted by Crippen LogP contribution is -2.47. The van der Waals surface area contributed by atoms with Crippen molar-refractivity contribution in [3.05, 3.63) is 0 Å². The number of likely N-dealkylation sites (tertiary alicyclic amines) is 1. The monoisotopic (exact) mass is 213 g/mol. The molecule has 2 bridgehead atoms. The van der Waals surface area contributed by atoms with Gasteiger partial charge in [-0.15, -0.1) is 0 Å². The van der Waals surface area contributed by atoms with E-state index in [1.807, 2.05) is 0 Å². The van der Waals surface area contributed by atoms with Crippen molar-refractivity contribution in [1.82, 2.24) is 4.90 Å². The van der Waals surface area contributed by atoms with Gasteiger partial charge in [0.1, 0.15) is 5.60 Å². The summed E-state index contributed by atoms with van der Waals surface area (Å²) < 4.78 is 11.6. The molecule has 0 radical (unpaired) electrons. The zero-order chi connectivity index (χ0) is 11.1. The van der Waals surface area contributed by atoms with E-state index in [1.165, 1.54) is 0 Å². The van der Waals surface area contributed by atoms with Gasteiger partial charge in [-0.05, 0) is 34.1 Å². The molecule has 3 heteroatoms. The van der Waals surface area contributed by atoms with E-state index in [2.05, 4.69) is 32.6 Å². The van der Waals surface area contributed by atoms with Crippen LogP contribution in [-0.4, -0.2) is 48.4 Å². The Morgan fingerprint density at radius 3 is 2.67 bits per heavy atom. The molecular weight excluding hydrogens is 190 g/mol. The fourth-order valence-corrected chi connectivity index (χ4v) is 2.67. The third kappa shape index (κ3) is 2.19. The molecule has 1 unspecified atom stereocenters. The molecule has 2 heterocycles. The van der Waals surface area contributed by atoms with Crippen LogP contribution in [0.25, 0.3) is 0 Å². The molecule has 2 fully saturated rings. The minimum atomic E-state index is -0.000787. The van der Waals surface area contributed by atoms with Crippen LogP contribution in [0.15, 0.2) is 0 Å². The molecule has 0 spiro atoms. The molecule has 2 atom stereocenters. The average molecular weight is 213 g/mol. The van der Waals surface area contributed by atoms with Crippen molar-refractivity contribution in [2.75, 3.05) is 19.8 Å². The van der Waals surface area contributed by atoms with E-state index in [-0.39, 0.29) is 5.60 Å². The number of rotatable bonds is 4. The number of fused-ring (bicyclic) bond motifs is 2. The van der Waals surface area contributed by atoms with Gasteiger partial charge in [-0.25, -0.2) is 0 Å². The number of hydrogen-bond donors (Lipinski definition) is 0. The largest absolute Gasteiger partial charge is 0.376 e. The highest BCUT2D eigenvalue weighted by atomic mass is 16.6. The minimum absolute atomic E-state index is 0.000787. The Hall–Kier alpha value is -0.120. The van der Waals surface area contributed by atoms with Gasteiger partial charge in [0.05, 0.1) is 19.3 Å². The van der Waals surface area contributed by atoms with Gasteiger partial charge in [-0.2, -0.15) is 0 Å². The summed E-state index contributed by atoms with van der Waals surface area (Å²) in [5.41, 5.74) is -0.000787. The van der Waals surface area contributed by atoms with Gasteiger partial charge in [0, 0.05) is 18.6 Å². The maximum absolute atomic E-state index is 5.90. The van der Waals surface area contributed by atoms with Gasteiger partial charge < -0.3 is 9.47 Å². The highest BCUT2D eigenvalue weighted by Crippen LogP contribution is 2.38. The fraction of sp³-hybridized carbons (Fsp3) is 1.00. The van der Waals surface area contributed by atoms with Crippen molar-refractivity contribution in [3.63, 3.8) is 0 Å². The van der Waals surface area contributed by atoms with Crippen LogP contribution in [0.4, 0.5) is 0 Å². The SMILES string of the molecule is CC(C)OC[C@]12CC(CO1)N(C(C)C)C2. The van der Waals surface area contributed by atoms with E-state index in [1.54, 1.807) is 0 Å². The zero-order valence-electron chi connectivity index (χ0n) is 10.3. The van der Waals surface area contributed by atoms with Crippen LogP contribution in [0, 0.1) is 0 Å². The van der Waals surface area contributed by atoms with Crippen LogP contribution in [0.2, 0.25) is 0 Å². The van der Waals surface area contributed by atoms with Crippen LogP contribution < -0.4 is 0 Å². The summed E-state index contributed by atoms with van der Waals surface area (Å²) in [6, 6.07) is 1.25. The van der Waals surface area contributed by atoms with Gasteiger partial charge >= 0.3 is 0 Å². The molecule has 0 aromatic heterocycles. The van der Waals surface area contributed by atoms with Crippen molar-refractivity contribution in [1.29, 1.82) is 0 Å². The maximum atomic E-state index is 5.90. The standard InChI is InChI=1S/C12H23NO2/c1-9(2)13-7-12(8-14-10(3)4)5-11(13)6-15-12/h9-11H,5-8H2,1-4H3/t11?,12-/m1/s1. The molecule has 2 aliphatic heterocycles. The summed E-state index contributed by atoms with van der Waals surface area (Å²) in [7, 11) is 0. The van der Waals surface area contributed by atoms with Crippen LogP contribution >= 0.6 is 0 Å². The van der Waals surface area contributed by atoms with Crippen molar-refractivity contribution < 1.29 is 9.47 Å². The first-order chi connectivity index (χ1) is 7.02. The van der Waals surface area contributed by atoms with Gasteiger partial charge in [0.15, 0.2) is 0 Å². The lowest BCUT2D eigenvalue weighted by Gasteiger charge is -2.35. The van der Waals surface area contributed by atoms with E-state index in [0.29, 0.717) is 18.2 Å². The highest BCUT2D eigenvalue weighted by Gasteiger charge is 2.51. The lowest BCUT2D eigenvalue weighted by atomic mass is 10.0. The highest BCUT2D eigenvalue weighted by molar-refractivity contribution is 5.04. The minimum Gasteiger partial charge on any atom is -0.376 e. The van der Waals surface area contributed by atoms with Gasteiger partial charge in [-0.1, -0.05) is 0 Å². The van der Waals surface area contributed by atoms with Crippen molar-refractivity contribution in [2.24, 2.45) is 0 Å². The predicted molar refractivity (Wildman–Crippen MR) is 60.0 cm³/mol. The first-order valence-electron chi connectivity index (χ1n) is 6.04. The average Bonchev–Trinajstić information content (AvgIpc) is 2.72. The molecule has 2 aliphatic rings. The zero-order valence-corrected chi connectivity index (χ0v) is 10.3. The summed E-state index contributed by atoms with van der Waals surface area (Å²) in [6.07, 6.45) is 1.45. The molecule has 0 aliphatic carbocycles. The Bertz CT molecular complexity index is 230. The lowest BCUT2D eigenvalue weighted by molar-refractivity contribution is -0.105.